The zero-order valence-corrected chi connectivity index (χ0v) is 28.4. The van der Waals surface area contributed by atoms with Crippen LogP contribution < -0.4 is 4.90 Å². The van der Waals surface area contributed by atoms with E-state index in [2.05, 4.69) is 16.5 Å². The third-order valence-corrected chi connectivity index (χ3v) is 8.96. The number of amides is 1. The van der Waals surface area contributed by atoms with E-state index in [1.54, 1.807) is 53.6 Å². The quantitative estimate of drug-likeness (QED) is 0.0846. The number of carbonyl (C=O) groups excluding carboxylic acids is 1. The highest BCUT2D eigenvalue weighted by molar-refractivity contribution is 6.12. The first-order valence-corrected chi connectivity index (χ1v) is 16.7. The van der Waals surface area contributed by atoms with E-state index in [1.165, 1.54) is 30.5 Å². The lowest BCUT2D eigenvalue weighted by atomic mass is 9.98. The lowest BCUT2D eigenvalue weighted by Crippen LogP contribution is -2.07. The van der Waals surface area contributed by atoms with Crippen molar-refractivity contribution in [2.75, 3.05) is 11.4 Å². The van der Waals surface area contributed by atoms with Crippen LogP contribution in [-0.2, 0) is 17.1 Å². The molecule has 1 fully saturated rings. The zero-order valence-electron chi connectivity index (χ0n) is 28.4. The molecule has 2 aromatic heterocycles. The van der Waals surface area contributed by atoms with Crippen molar-refractivity contribution in [2.24, 2.45) is 0 Å². The van der Waals surface area contributed by atoms with Crippen molar-refractivity contribution < 1.29 is 31.1 Å². The molecule has 0 aliphatic carbocycles. The Morgan fingerprint density at radius 1 is 0.648 bits per heavy atom. The standard InChI is InChI=1S/C44H29F6N3O/c1-2-29(32-18-20-40(51-25-32)36-10-3-5-12-38(36)43(45,46)47)9-7-8-28-22-34(24-35(23-28)53-27-42(53)54)31-16-14-30(15-17-31)33-19-21-41(52-26-33)37-11-4-6-13-39(37)44(48,49)50/h2-26H,1,27H2/b8-7+,29-9+. The van der Waals surface area contributed by atoms with Gasteiger partial charge < -0.3 is 4.90 Å². The molecular formula is C44H29F6N3O. The zero-order chi connectivity index (χ0) is 38.0. The summed E-state index contributed by atoms with van der Waals surface area (Å²) in [7, 11) is 0. The first-order valence-electron chi connectivity index (χ1n) is 16.7. The molecule has 1 aliphatic heterocycles. The van der Waals surface area contributed by atoms with E-state index in [4.69, 9.17) is 0 Å². The Morgan fingerprint density at radius 2 is 1.19 bits per heavy atom. The van der Waals surface area contributed by atoms with Gasteiger partial charge in [-0.05, 0) is 70.3 Å². The molecule has 1 amide bonds. The lowest BCUT2D eigenvalue weighted by molar-refractivity contribution is -0.137. The molecule has 0 radical (unpaired) electrons. The molecule has 3 heterocycles. The normalized spacial score (nSPS) is 13.4. The Hall–Kier alpha value is -6.55. The molecule has 4 aromatic carbocycles. The van der Waals surface area contributed by atoms with E-state index in [9.17, 15) is 31.1 Å². The predicted octanol–water partition coefficient (Wildman–Crippen LogP) is 11.8. The number of aromatic nitrogens is 2. The van der Waals surface area contributed by atoms with Crippen LogP contribution in [0.4, 0.5) is 32.0 Å². The number of halogens is 6. The summed E-state index contributed by atoms with van der Waals surface area (Å²) in [6, 6.07) is 30.7. The smallest absolute Gasteiger partial charge is 0.301 e. The minimum absolute atomic E-state index is 0.00346. The average molecular weight is 730 g/mol. The monoisotopic (exact) mass is 729 g/mol. The number of allylic oxidation sites excluding steroid dienone is 4. The Kier molecular flexibility index (Phi) is 9.60. The second-order valence-electron chi connectivity index (χ2n) is 12.5. The molecule has 1 saturated heterocycles. The van der Waals surface area contributed by atoms with E-state index in [1.807, 2.05) is 60.7 Å². The van der Waals surface area contributed by atoms with Gasteiger partial charge in [0.2, 0.25) is 5.91 Å². The van der Waals surface area contributed by atoms with Crippen molar-refractivity contribution in [3.63, 3.8) is 0 Å². The maximum Gasteiger partial charge on any atom is 0.417 e. The number of alkyl halides is 6. The van der Waals surface area contributed by atoms with E-state index < -0.39 is 23.5 Å². The number of pyridine rings is 2. The van der Waals surface area contributed by atoms with E-state index >= 15 is 0 Å². The number of nitrogens with zero attached hydrogens (tertiary/aromatic N) is 3. The van der Waals surface area contributed by atoms with Crippen LogP contribution in [0.5, 0.6) is 0 Å². The van der Waals surface area contributed by atoms with Gasteiger partial charge in [-0.25, -0.2) is 0 Å². The van der Waals surface area contributed by atoms with Crippen LogP contribution in [0.3, 0.4) is 0 Å². The fourth-order valence-corrected chi connectivity index (χ4v) is 6.14. The second kappa shape index (κ2) is 14.5. The van der Waals surface area contributed by atoms with Gasteiger partial charge in [-0.1, -0.05) is 104 Å². The van der Waals surface area contributed by atoms with Gasteiger partial charge in [-0.15, -0.1) is 0 Å². The largest absolute Gasteiger partial charge is 0.417 e. The molecule has 0 unspecified atom stereocenters. The summed E-state index contributed by atoms with van der Waals surface area (Å²) >= 11 is 0. The summed E-state index contributed by atoms with van der Waals surface area (Å²) in [6.07, 6.45) is 1.20. The van der Waals surface area contributed by atoms with Crippen molar-refractivity contribution in [2.45, 2.75) is 12.4 Å². The fourth-order valence-electron chi connectivity index (χ4n) is 6.14. The third kappa shape index (κ3) is 7.78. The fraction of sp³-hybridized carbons (Fsp3) is 0.0682. The molecular weight excluding hydrogens is 700 g/mol. The first kappa shape index (κ1) is 35.8. The van der Waals surface area contributed by atoms with E-state index in [-0.39, 0.29) is 28.4 Å². The van der Waals surface area contributed by atoms with Crippen LogP contribution in [0, 0.1) is 0 Å². The Bertz CT molecular complexity index is 2410. The van der Waals surface area contributed by atoms with Crippen molar-refractivity contribution >= 4 is 23.2 Å². The van der Waals surface area contributed by atoms with Crippen molar-refractivity contribution in [1.29, 1.82) is 0 Å². The van der Waals surface area contributed by atoms with Gasteiger partial charge in [0.25, 0.3) is 0 Å². The molecule has 1 aliphatic rings. The highest BCUT2D eigenvalue weighted by atomic mass is 19.4. The van der Waals surface area contributed by atoms with Crippen molar-refractivity contribution in [3.05, 3.63) is 175 Å². The lowest BCUT2D eigenvalue weighted by Gasteiger charge is -2.12. The molecule has 268 valence electrons. The van der Waals surface area contributed by atoms with Crippen LogP contribution in [0.15, 0.2) is 152 Å². The number of rotatable bonds is 9. The molecule has 6 aromatic rings. The topological polar surface area (TPSA) is 45.9 Å². The molecule has 4 nitrogen and oxygen atoms in total. The Balaban J connectivity index is 1.11. The number of hydrogen-bond acceptors (Lipinski definition) is 3. The highest BCUT2D eigenvalue weighted by Gasteiger charge is 2.35. The summed E-state index contributed by atoms with van der Waals surface area (Å²) in [4.78, 5) is 22.4. The second-order valence-corrected chi connectivity index (χ2v) is 12.5. The van der Waals surface area contributed by atoms with Crippen molar-refractivity contribution in [1.82, 2.24) is 9.97 Å². The molecule has 0 N–H and O–H groups in total. The minimum atomic E-state index is -4.51. The molecule has 10 heteroatoms. The summed E-state index contributed by atoms with van der Waals surface area (Å²) < 4.78 is 81.3. The van der Waals surface area contributed by atoms with Crippen LogP contribution in [0.25, 0.3) is 56.4 Å². The van der Waals surface area contributed by atoms with Crippen molar-refractivity contribution in [3.8, 4) is 44.8 Å². The van der Waals surface area contributed by atoms with Gasteiger partial charge in [-0.2, -0.15) is 26.3 Å². The van der Waals surface area contributed by atoms with Gasteiger partial charge in [0.05, 0.1) is 22.5 Å². The van der Waals surface area contributed by atoms with Crippen LogP contribution in [0.2, 0.25) is 0 Å². The summed E-state index contributed by atoms with van der Waals surface area (Å²) in [5.41, 5.74) is 5.18. The summed E-state index contributed by atoms with van der Waals surface area (Å²) in [6.45, 7) is 4.21. The minimum Gasteiger partial charge on any atom is -0.301 e. The molecule has 0 spiro atoms. The van der Waals surface area contributed by atoms with Gasteiger partial charge >= 0.3 is 12.4 Å². The number of anilines is 1. The van der Waals surface area contributed by atoms with Gasteiger partial charge in [0, 0.05) is 40.3 Å². The molecule has 0 bridgehead atoms. The van der Waals surface area contributed by atoms with Crippen LogP contribution in [-0.4, -0.2) is 22.4 Å². The number of hydrogen-bond donors (Lipinski definition) is 0. The third-order valence-electron chi connectivity index (χ3n) is 8.96. The molecule has 0 saturated carbocycles. The number of carbonyl (C=O) groups is 1. The number of benzene rings is 4. The molecule has 7 rings (SSSR count). The van der Waals surface area contributed by atoms with Crippen LogP contribution in [0.1, 0.15) is 22.3 Å². The Labute approximate surface area is 307 Å². The summed E-state index contributed by atoms with van der Waals surface area (Å²) in [5.74, 6) is 0.00822. The van der Waals surface area contributed by atoms with E-state index in [0.29, 0.717) is 17.7 Å². The highest BCUT2D eigenvalue weighted by Crippen LogP contribution is 2.38. The molecule has 54 heavy (non-hydrogen) atoms. The average Bonchev–Trinajstić information content (AvgIpc) is 3.92. The molecule has 0 atom stereocenters. The van der Waals surface area contributed by atoms with Gasteiger partial charge in [-0.3, -0.25) is 14.8 Å². The Morgan fingerprint density at radius 3 is 1.69 bits per heavy atom. The maximum absolute atomic E-state index is 13.6. The van der Waals surface area contributed by atoms with Gasteiger partial charge in [0.1, 0.15) is 6.54 Å². The SMILES string of the molecule is C=C/C(=C\C=C\c1cc(-c2ccc(-c3ccc(-c4ccccc4C(F)(F)F)nc3)cc2)cc(N2CC2=O)c1)c1ccc(-c2ccccc2C(F)(F)F)nc1. The summed E-state index contributed by atoms with van der Waals surface area (Å²) in [5, 5.41) is 0. The maximum atomic E-state index is 13.6. The van der Waals surface area contributed by atoms with Crippen LogP contribution >= 0.6 is 0 Å². The predicted molar refractivity (Wildman–Crippen MR) is 200 cm³/mol. The first-order chi connectivity index (χ1) is 25.9. The van der Waals surface area contributed by atoms with Gasteiger partial charge in [0.15, 0.2) is 0 Å². The van der Waals surface area contributed by atoms with E-state index in [0.717, 1.165) is 45.6 Å².